The molecular weight excluding hydrogens is 312 g/mol. The van der Waals surface area contributed by atoms with Crippen molar-refractivity contribution in [2.75, 3.05) is 37.0 Å². The number of aliphatic hydroxyl groups is 1. The smallest absolute Gasteiger partial charge is 0.171 e. The molecule has 0 amide bonds. The monoisotopic (exact) mass is 332 g/mol. The Bertz CT molecular complexity index is 684. The molecule has 1 fully saturated rings. The summed E-state index contributed by atoms with van der Waals surface area (Å²) in [6.07, 6.45) is 4.63. The van der Waals surface area contributed by atoms with E-state index in [2.05, 4.69) is 14.9 Å². The summed E-state index contributed by atoms with van der Waals surface area (Å²) in [5.74, 6) is 1.70. The van der Waals surface area contributed by atoms with Crippen molar-refractivity contribution in [1.29, 1.82) is 0 Å². The normalized spacial score (nSPS) is 17.1. The van der Waals surface area contributed by atoms with Gasteiger partial charge in [-0.05, 0) is 18.9 Å². The van der Waals surface area contributed by atoms with Crippen molar-refractivity contribution in [2.45, 2.75) is 18.4 Å². The number of hydrogen-bond donors (Lipinski definition) is 1. The Labute approximate surface area is 141 Å². The topological polar surface area (TPSA) is 52.5 Å². The van der Waals surface area contributed by atoms with E-state index in [0.29, 0.717) is 31.0 Å². The Morgan fingerprint density at radius 1 is 1.13 bits per heavy atom. The second kappa shape index (κ2) is 6.34. The number of aromatic nitrogens is 2. The van der Waals surface area contributed by atoms with E-state index in [1.165, 1.54) is 0 Å². The lowest BCUT2D eigenvalue weighted by atomic mass is 9.84. The van der Waals surface area contributed by atoms with E-state index in [1.54, 1.807) is 12.4 Å². The van der Waals surface area contributed by atoms with Gasteiger partial charge in [0.15, 0.2) is 11.6 Å². The number of piperidine rings is 1. The van der Waals surface area contributed by atoms with Crippen LogP contribution < -0.4 is 9.80 Å². The van der Waals surface area contributed by atoms with Crippen LogP contribution in [0, 0.1) is 0 Å². The van der Waals surface area contributed by atoms with E-state index in [4.69, 9.17) is 11.6 Å². The minimum absolute atomic E-state index is 0.611. The molecule has 1 aliphatic heterocycles. The fourth-order valence-electron chi connectivity index (χ4n) is 3.06. The molecule has 0 radical (unpaired) electrons. The zero-order valence-corrected chi connectivity index (χ0v) is 14.2. The number of nitrogens with zero attached hydrogens (tertiary/aromatic N) is 4. The molecule has 1 aliphatic rings. The molecule has 0 spiro atoms. The van der Waals surface area contributed by atoms with Crippen molar-refractivity contribution >= 4 is 23.2 Å². The third-order valence-electron chi connectivity index (χ3n) is 4.35. The maximum Gasteiger partial charge on any atom is 0.171 e. The minimum atomic E-state index is -0.880. The van der Waals surface area contributed by atoms with Gasteiger partial charge in [0.2, 0.25) is 0 Å². The fourth-order valence-corrected chi connectivity index (χ4v) is 3.37. The maximum atomic E-state index is 11.0. The number of anilines is 2. The van der Waals surface area contributed by atoms with Crippen LogP contribution >= 0.6 is 11.6 Å². The lowest BCUT2D eigenvalue weighted by molar-refractivity contribution is 0.0118. The van der Waals surface area contributed by atoms with E-state index in [-0.39, 0.29) is 0 Å². The van der Waals surface area contributed by atoms with Crippen molar-refractivity contribution in [3.8, 4) is 0 Å². The van der Waals surface area contributed by atoms with Crippen molar-refractivity contribution in [3.63, 3.8) is 0 Å². The molecule has 3 rings (SSSR count). The van der Waals surface area contributed by atoms with E-state index in [1.807, 2.05) is 43.3 Å². The second-order valence-electron chi connectivity index (χ2n) is 6.10. The highest BCUT2D eigenvalue weighted by Crippen LogP contribution is 2.38. The van der Waals surface area contributed by atoms with Gasteiger partial charge in [0, 0.05) is 50.2 Å². The van der Waals surface area contributed by atoms with Crippen molar-refractivity contribution < 1.29 is 5.11 Å². The Hall–Kier alpha value is -1.85. The van der Waals surface area contributed by atoms with Crippen molar-refractivity contribution in [3.05, 3.63) is 47.2 Å². The van der Waals surface area contributed by atoms with Gasteiger partial charge in [0.05, 0.1) is 5.60 Å². The van der Waals surface area contributed by atoms with Crippen LogP contribution in [-0.2, 0) is 5.60 Å². The summed E-state index contributed by atoms with van der Waals surface area (Å²) >= 11 is 6.26. The van der Waals surface area contributed by atoms with Gasteiger partial charge in [0.25, 0.3) is 0 Å². The van der Waals surface area contributed by atoms with E-state index >= 15 is 0 Å². The van der Waals surface area contributed by atoms with Gasteiger partial charge in [-0.25, -0.2) is 9.97 Å². The molecule has 1 aromatic heterocycles. The van der Waals surface area contributed by atoms with Gasteiger partial charge < -0.3 is 14.9 Å². The standard InChI is InChI=1S/C17H21ClN4O/c1-21(2)15-16(20-10-9-19-15)22-11-7-17(23,8-12-22)13-5-3-4-6-14(13)18/h3-6,9-10,23H,7-8,11-12H2,1-2H3. The molecule has 0 aliphatic carbocycles. The highest BCUT2D eigenvalue weighted by molar-refractivity contribution is 6.31. The molecule has 0 atom stereocenters. The van der Waals surface area contributed by atoms with E-state index < -0.39 is 5.60 Å². The van der Waals surface area contributed by atoms with Gasteiger partial charge in [-0.2, -0.15) is 0 Å². The van der Waals surface area contributed by atoms with Gasteiger partial charge in [-0.1, -0.05) is 29.8 Å². The maximum absolute atomic E-state index is 11.0. The summed E-state index contributed by atoms with van der Waals surface area (Å²) in [4.78, 5) is 13.0. The lowest BCUT2D eigenvalue weighted by Crippen LogP contribution is -2.43. The summed E-state index contributed by atoms with van der Waals surface area (Å²) in [6.45, 7) is 1.42. The summed E-state index contributed by atoms with van der Waals surface area (Å²) in [5.41, 5.74) is -0.0664. The number of hydrogen-bond acceptors (Lipinski definition) is 5. The fraction of sp³-hybridized carbons (Fsp3) is 0.412. The van der Waals surface area contributed by atoms with Crippen LogP contribution in [0.15, 0.2) is 36.7 Å². The first kappa shape index (κ1) is 16.0. The third-order valence-corrected chi connectivity index (χ3v) is 4.68. The molecule has 0 bridgehead atoms. The van der Waals surface area contributed by atoms with E-state index in [9.17, 15) is 5.11 Å². The largest absolute Gasteiger partial charge is 0.385 e. The lowest BCUT2D eigenvalue weighted by Gasteiger charge is -2.40. The zero-order valence-electron chi connectivity index (χ0n) is 13.4. The van der Waals surface area contributed by atoms with Gasteiger partial charge in [-0.3, -0.25) is 0 Å². The SMILES string of the molecule is CN(C)c1nccnc1N1CCC(O)(c2ccccc2Cl)CC1. The summed E-state index contributed by atoms with van der Waals surface area (Å²) in [6, 6.07) is 7.53. The molecule has 122 valence electrons. The molecule has 1 saturated heterocycles. The summed E-state index contributed by atoms with van der Waals surface area (Å²) in [5, 5.41) is 11.6. The molecule has 2 aromatic rings. The molecule has 23 heavy (non-hydrogen) atoms. The first-order chi connectivity index (χ1) is 11.0. The molecule has 1 aromatic carbocycles. The minimum Gasteiger partial charge on any atom is -0.385 e. The number of rotatable bonds is 3. The molecule has 5 nitrogen and oxygen atoms in total. The van der Waals surface area contributed by atoms with Crippen LogP contribution in [-0.4, -0.2) is 42.3 Å². The van der Waals surface area contributed by atoms with Gasteiger partial charge in [0.1, 0.15) is 0 Å². The van der Waals surface area contributed by atoms with Crippen molar-refractivity contribution in [2.24, 2.45) is 0 Å². The van der Waals surface area contributed by atoms with Crippen LogP contribution in [0.2, 0.25) is 5.02 Å². The van der Waals surface area contributed by atoms with Crippen LogP contribution in [0.4, 0.5) is 11.6 Å². The Kier molecular flexibility index (Phi) is 4.41. The average Bonchev–Trinajstić information content (AvgIpc) is 2.56. The van der Waals surface area contributed by atoms with Gasteiger partial charge >= 0.3 is 0 Å². The summed E-state index contributed by atoms with van der Waals surface area (Å²) in [7, 11) is 3.91. The number of benzene rings is 1. The van der Waals surface area contributed by atoms with Crippen LogP contribution in [0.3, 0.4) is 0 Å². The predicted molar refractivity (Wildman–Crippen MR) is 93.2 cm³/mol. The predicted octanol–water partition coefficient (Wildman–Crippen LogP) is 2.68. The molecule has 0 saturated carbocycles. The summed E-state index contributed by atoms with van der Waals surface area (Å²) < 4.78 is 0. The molecule has 2 heterocycles. The Balaban J connectivity index is 1.80. The van der Waals surface area contributed by atoms with Crippen LogP contribution in [0.25, 0.3) is 0 Å². The van der Waals surface area contributed by atoms with Crippen LogP contribution in [0.1, 0.15) is 18.4 Å². The molecule has 0 unspecified atom stereocenters. The van der Waals surface area contributed by atoms with Crippen LogP contribution in [0.5, 0.6) is 0 Å². The Morgan fingerprint density at radius 3 is 2.43 bits per heavy atom. The second-order valence-corrected chi connectivity index (χ2v) is 6.50. The third kappa shape index (κ3) is 3.12. The van der Waals surface area contributed by atoms with Crippen molar-refractivity contribution in [1.82, 2.24) is 9.97 Å². The number of halogens is 1. The zero-order chi connectivity index (χ0) is 16.4. The molecule has 6 heteroatoms. The first-order valence-electron chi connectivity index (χ1n) is 7.72. The average molecular weight is 333 g/mol. The molecular formula is C17H21ClN4O. The first-order valence-corrected chi connectivity index (χ1v) is 8.10. The van der Waals surface area contributed by atoms with E-state index in [0.717, 1.165) is 17.2 Å². The quantitative estimate of drug-likeness (QED) is 0.936. The highest BCUT2D eigenvalue weighted by Gasteiger charge is 2.36. The Morgan fingerprint density at radius 2 is 1.78 bits per heavy atom. The van der Waals surface area contributed by atoms with Gasteiger partial charge in [-0.15, -0.1) is 0 Å². The highest BCUT2D eigenvalue weighted by atomic mass is 35.5. The molecule has 1 N–H and O–H groups in total.